The van der Waals surface area contributed by atoms with Gasteiger partial charge in [0, 0.05) is 34.3 Å². The molecule has 9 heteroatoms. The molecular formula is C24H23ClN4O4. The molecule has 0 aliphatic rings. The molecule has 170 valence electrons. The summed E-state index contributed by atoms with van der Waals surface area (Å²) in [5.74, 6) is -0.246. The van der Waals surface area contributed by atoms with Crippen LogP contribution in [0.5, 0.6) is 11.5 Å². The van der Waals surface area contributed by atoms with Crippen LogP contribution in [0.25, 0.3) is 0 Å². The Kier molecular flexibility index (Phi) is 7.88. The number of nitrogens with two attached hydrogens (primary N) is 1. The Labute approximate surface area is 196 Å². The molecule has 0 radical (unpaired) electrons. The molecule has 0 aliphatic carbocycles. The van der Waals surface area contributed by atoms with E-state index in [0.29, 0.717) is 34.9 Å². The molecule has 0 aromatic heterocycles. The summed E-state index contributed by atoms with van der Waals surface area (Å²) in [6.45, 7) is 0. The quantitative estimate of drug-likeness (QED) is 0.173. The molecule has 8 nitrogen and oxygen atoms in total. The highest BCUT2D eigenvalue weighted by Gasteiger charge is 2.09. The average Bonchev–Trinajstić information content (AvgIpc) is 2.81. The first-order valence-corrected chi connectivity index (χ1v) is 10.4. The van der Waals surface area contributed by atoms with Gasteiger partial charge in [-0.1, -0.05) is 23.7 Å². The minimum Gasteiger partial charge on any atom is -0.506 e. The summed E-state index contributed by atoms with van der Waals surface area (Å²) in [6.07, 6.45) is 2.34. The Bertz CT molecular complexity index is 1180. The van der Waals surface area contributed by atoms with Crippen LogP contribution in [0.1, 0.15) is 27.9 Å². The molecule has 33 heavy (non-hydrogen) atoms. The number of aromatic hydroxyl groups is 1. The largest absolute Gasteiger partial charge is 0.506 e. The Hall–Kier alpha value is -4.04. The number of carbonyl (C=O) groups excluding carboxylic acids is 2. The Balaban J connectivity index is 1.58. The van der Waals surface area contributed by atoms with Crippen LogP contribution < -0.4 is 21.2 Å². The van der Waals surface area contributed by atoms with Crippen molar-refractivity contribution in [1.82, 2.24) is 5.43 Å². The number of amides is 2. The fourth-order valence-corrected chi connectivity index (χ4v) is 3.07. The molecule has 0 unspecified atom stereocenters. The van der Waals surface area contributed by atoms with Crippen molar-refractivity contribution in [3.8, 4) is 11.5 Å². The van der Waals surface area contributed by atoms with E-state index in [4.69, 9.17) is 22.1 Å². The third-order valence-corrected chi connectivity index (χ3v) is 4.98. The molecule has 0 aliphatic heterocycles. The molecule has 0 saturated heterocycles. The van der Waals surface area contributed by atoms with Crippen LogP contribution in [0.4, 0.5) is 11.4 Å². The second-order valence-electron chi connectivity index (χ2n) is 7.10. The molecule has 0 atom stereocenters. The van der Waals surface area contributed by atoms with Crippen LogP contribution in [-0.4, -0.2) is 30.2 Å². The first-order valence-electron chi connectivity index (χ1n) is 10.00. The summed E-state index contributed by atoms with van der Waals surface area (Å²) in [4.78, 5) is 24.4. The number of halogens is 1. The van der Waals surface area contributed by atoms with Gasteiger partial charge in [-0.15, -0.1) is 0 Å². The van der Waals surface area contributed by atoms with Gasteiger partial charge in [0.1, 0.15) is 11.5 Å². The van der Waals surface area contributed by atoms with Gasteiger partial charge < -0.3 is 20.9 Å². The maximum Gasteiger partial charge on any atom is 0.271 e. The van der Waals surface area contributed by atoms with Crippen molar-refractivity contribution in [3.05, 3.63) is 82.4 Å². The zero-order valence-electron chi connectivity index (χ0n) is 17.8. The van der Waals surface area contributed by atoms with Gasteiger partial charge in [0.25, 0.3) is 5.91 Å². The van der Waals surface area contributed by atoms with Gasteiger partial charge in [0.05, 0.1) is 19.0 Å². The lowest BCUT2D eigenvalue weighted by Gasteiger charge is -2.10. The molecule has 3 rings (SSSR count). The number of phenolic OH excluding ortho intramolecular Hbond substituents is 1. The number of rotatable bonds is 8. The number of ether oxygens (including phenoxy) is 1. The summed E-state index contributed by atoms with van der Waals surface area (Å²) in [5.41, 5.74) is 10.5. The molecule has 3 aromatic rings. The second-order valence-corrected chi connectivity index (χ2v) is 7.54. The number of nitrogen functional groups attached to an aromatic ring is 1. The smallest absolute Gasteiger partial charge is 0.271 e. The zero-order chi connectivity index (χ0) is 23.8. The van der Waals surface area contributed by atoms with Crippen molar-refractivity contribution >= 4 is 41.0 Å². The van der Waals surface area contributed by atoms with Crippen molar-refractivity contribution < 1.29 is 19.4 Å². The number of carbonyl (C=O) groups is 2. The van der Waals surface area contributed by atoms with Crippen LogP contribution in [0.15, 0.2) is 65.8 Å². The van der Waals surface area contributed by atoms with E-state index in [9.17, 15) is 14.7 Å². The third-order valence-electron chi connectivity index (χ3n) is 4.73. The number of nitrogens with zero attached hydrogens (tertiary/aromatic N) is 1. The van der Waals surface area contributed by atoms with Gasteiger partial charge in [-0.2, -0.15) is 5.10 Å². The lowest BCUT2D eigenvalue weighted by molar-refractivity contribution is -0.116. The first kappa shape index (κ1) is 23.6. The number of hydrogen-bond donors (Lipinski definition) is 4. The highest BCUT2D eigenvalue weighted by Crippen LogP contribution is 2.23. The molecule has 3 aromatic carbocycles. The van der Waals surface area contributed by atoms with Gasteiger partial charge >= 0.3 is 0 Å². The topological polar surface area (TPSA) is 126 Å². The lowest BCUT2D eigenvalue weighted by atomic mass is 10.1. The van der Waals surface area contributed by atoms with Gasteiger partial charge in [-0.3, -0.25) is 9.59 Å². The van der Waals surface area contributed by atoms with Gasteiger partial charge in [0.2, 0.25) is 5.91 Å². The Morgan fingerprint density at radius 3 is 2.58 bits per heavy atom. The molecule has 0 fully saturated rings. The zero-order valence-corrected chi connectivity index (χ0v) is 18.6. The van der Waals surface area contributed by atoms with Crippen LogP contribution in [0, 0.1) is 0 Å². The predicted molar refractivity (Wildman–Crippen MR) is 129 cm³/mol. The molecule has 0 heterocycles. The van der Waals surface area contributed by atoms with E-state index in [1.165, 1.54) is 31.5 Å². The number of nitrogens with one attached hydrogen (secondary N) is 2. The first-order chi connectivity index (χ1) is 15.9. The molecule has 5 N–H and O–H groups in total. The molecular weight excluding hydrogens is 444 g/mol. The summed E-state index contributed by atoms with van der Waals surface area (Å²) in [6, 6.07) is 16.6. The van der Waals surface area contributed by atoms with E-state index in [0.717, 1.165) is 5.56 Å². The van der Waals surface area contributed by atoms with E-state index in [2.05, 4.69) is 15.8 Å². The van der Waals surface area contributed by atoms with E-state index < -0.39 is 5.91 Å². The van der Waals surface area contributed by atoms with Crippen molar-refractivity contribution in [3.63, 3.8) is 0 Å². The summed E-state index contributed by atoms with van der Waals surface area (Å²) >= 11 is 5.88. The number of hydrazone groups is 1. The van der Waals surface area contributed by atoms with Gasteiger partial charge in [-0.25, -0.2) is 5.43 Å². The number of hydrogen-bond acceptors (Lipinski definition) is 6. The maximum absolute atomic E-state index is 12.3. The summed E-state index contributed by atoms with van der Waals surface area (Å²) in [5, 5.41) is 16.9. The average molecular weight is 467 g/mol. The molecule has 2 amide bonds. The number of aryl methyl sites for hydroxylation is 1. The number of anilines is 2. The van der Waals surface area contributed by atoms with Gasteiger partial charge in [0.15, 0.2) is 0 Å². The highest BCUT2D eigenvalue weighted by atomic mass is 35.5. The predicted octanol–water partition coefficient (Wildman–Crippen LogP) is 3.97. The van der Waals surface area contributed by atoms with Crippen LogP contribution in [-0.2, 0) is 11.2 Å². The minimum atomic E-state index is -0.485. The SMILES string of the molecule is COc1cc(NC(=O)CCc2ccc(Cl)cc2)ccc1/C=N/NC(=O)c1ccc(O)c(N)c1. The van der Waals surface area contributed by atoms with Crippen LogP contribution in [0.2, 0.25) is 5.02 Å². The van der Waals surface area contributed by atoms with Crippen molar-refractivity contribution in [1.29, 1.82) is 0 Å². The van der Waals surface area contributed by atoms with Crippen molar-refractivity contribution in [2.75, 3.05) is 18.2 Å². The van der Waals surface area contributed by atoms with E-state index in [1.54, 1.807) is 30.3 Å². The normalized spacial score (nSPS) is 10.7. The van der Waals surface area contributed by atoms with Crippen molar-refractivity contribution in [2.45, 2.75) is 12.8 Å². The van der Waals surface area contributed by atoms with E-state index in [1.807, 2.05) is 12.1 Å². The summed E-state index contributed by atoms with van der Waals surface area (Å²) < 4.78 is 5.37. The van der Waals surface area contributed by atoms with E-state index >= 15 is 0 Å². The molecule has 0 saturated carbocycles. The minimum absolute atomic E-state index is 0.0964. The fraction of sp³-hybridized carbons (Fsp3) is 0.125. The summed E-state index contributed by atoms with van der Waals surface area (Å²) in [7, 11) is 1.50. The maximum atomic E-state index is 12.3. The van der Waals surface area contributed by atoms with Crippen LogP contribution >= 0.6 is 11.6 Å². The standard InChI is InChI=1S/C24H23ClN4O4/c1-33-22-13-19(28-23(31)11-4-15-2-7-18(25)8-3-15)9-5-17(22)14-27-29-24(32)16-6-10-21(30)20(26)12-16/h2-3,5-10,12-14,30H,4,11,26H2,1H3,(H,28,31)(H,29,32)/b27-14+. The third kappa shape index (κ3) is 6.72. The lowest BCUT2D eigenvalue weighted by Crippen LogP contribution is -2.17. The Morgan fingerprint density at radius 1 is 1.12 bits per heavy atom. The number of benzene rings is 3. The fourth-order valence-electron chi connectivity index (χ4n) is 2.95. The van der Waals surface area contributed by atoms with Gasteiger partial charge in [-0.05, 0) is 54.4 Å². The Morgan fingerprint density at radius 2 is 1.88 bits per heavy atom. The number of methoxy groups -OCH3 is 1. The monoisotopic (exact) mass is 466 g/mol. The second kappa shape index (κ2) is 11.0. The highest BCUT2D eigenvalue weighted by molar-refractivity contribution is 6.30. The van der Waals surface area contributed by atoms with Crippen LogP contribution in [0.3, 0.4) is 0 Å². The van der Waals surface area contributed by atoms with Crippen molar-refractivity contribution in [2.24, 2.45) is 5.10 Å². The molecule has 0 spiro atoms. The molecule has 0 bridgehead atoms. The number of phenols is 1. The van der Waals surface area contributed by atoms with E-state index in [-0.39, 0.29) is 22.9 Å².